The molecule has 44 heavy (non-hydrogen) atoms. The summed E-state index contributed by atoms with van der Waals surface area (Å²) in [7, 11) is 0. The number of hydrogen-bond donors (Lipinski definition) is 1. The largest absolute Gasteiger partial charge is 0.481 e. The Morgan fingerprint density at radius 3 is 1.73 bits per heavy atom. The van der Waals surface area contributed by atoms with Gasteiger partial charge in [-0.2, -0.15) is 5.26 Å². The fraction of sp³-hybridized carbons (Fsp3) is 0.182. The van der Waals surface area contributed by atoms with Crippen LogP contribution in [0.5, 0.6) is 0 Å². The summed E-state index contributed by atoms with van der Waals surface area (Å²) in [6, 6.07) is 25.1. The number of esters is 1. The van der Waals surface area contributed by atoms with Gasteiger partial charge in [-0.05, 0) is 77.7 Å². The molecule has 11 heteroatoms. The van der Waals surface area contributed by atoms with Crippen LogP contribution in [0.15, 0.2) is 93.9 Å². The van der Waals surface area contributed by atoms with E-state index in [1.165, 1.54) is 24.3 Å². The van der Waals surface area contributed by atoms with Crippen LogP contribution >= 0.6 is 55.1 Å². The maximum absolute atomic E-state index is 13.9. The summed E-state index contributed by atoms with van der Waals surface area (Å²) in [4.78, 5) is 23.3. The van der Waals surface area contributed by atoms with Gasteiger partial charge < -0.3 is 9.84 Å². The zero-order valence-corrected chi connectivity index (χ0v) is 27.8. The highest BCUT2D eigenvalue weighted by atomic mass is 79.9. The summed E-state index contributed by atoms with van der Waals surface area (Å²) in [5.41, 5.74) is 2.60. The van der Waals surface area contributed by atoms with E-state index in [1.54, 1.807) is 43.3 Å². The van der Waals surface area contributed by atoms with E-state index in [2.05, 4.69) is 31.9 Å². The third kappa shape index (κ3) is 9.60. The Hall–Kier alpha value is -3.29. The van der Waals surface area contributed by atoms with Gasteiger partial charge in [-0.25, -0.2) is 8.78 Å². The quantitative estimate of drug-likeness (QED) is 0.171. The number of carboxylic acid groups (broad SMARTS) is 1. The molecule has 4 rings (SSSR count). The van der Waals surface area contributed by atoms with Gasteiger partial charge in [0.1, 0.15) is 11.6 Å². The van der Waals surface area contributed by atoms with Gasteiger partial charge in [-0.1, -0.05) is 91.5 Å². The molecule has 0 aliphatic heterocycles. The summed E-state index contributed by atoms with van der Waals surface area (Å²) in [6.45, 7) is 1.84. The highest BCUT2D eigenvalue weighted by Gasteiger charge is 2.33. The van der Waals surface area contributed by atoms with E-state index in [-0.39, 0.29) is 23.1 Å². The van der Waals surface area contributed by atoms with Crippen LogP contribution in [0.4, 0.5) is 8.78 Å². The van der Waals surface area contributed by atoms with Gasteiger partial charge in [0.2, 0.25) is 0 Å². The Morgan fingerprint density at radius 2 is 1.27 bits per heavy atom. The predicted octanol–water partition coefficient (Wildman–Crippen LogP) is 9.92. The van der Waals surface area contributed by atoms with Crippen molar-refractivity contribution in [2.75, 3.05) is 6.61 Å². The normalized spacial score (nSPS) is 12.6. The smallest absolute Gasteiger partial charge is 0.324 e. The number of halogens is 6. The molecule has 0 heterocycles. The number of ether oxygens (including phenoxy) is 1. The van der Waals surface area contributed by atoms with Gasteiger partial charge >= 0.3 is 11.9 Å². The van der Waals surface area contributed by atoms with Crippen molar-refractivity contribution in [2.45, 2.75) is 25.2 Å². The van der Waals surface area contributed by atoms with Crippen LogP contribution in [0.25, 0.3) is 0 Å². The summed E-state index contributed by atoms with van der Waals surface area (Å²) in [5.74, 6) is -4.88. The van der Waals surface area contributed by atoms with Gasteiger partial charge in [-0.15, -0.1) is 0 Å². The number of nitriles is 1. The molecular formula is C33H25Br2Cl2F2NO4. The molecule has 0 radical (unpaired) electrons. The third-order valence-electron chi connectivity index (χ3n) is 6.54. The zero-order chi connectivity index (χ0) is 32.4. The minimum Gasteiger partial charge on any atom is -0.481 e. The van der Waals surface area contributed by atoms with Crippen molar-refractivity contribution in [1.82, 2.24) is 0 Å². The second-order valence-corrected chi connectivity index (χ2v) is 12.1. The van der Waals surface area contributed by atoms with Crippen molar-refractivity contribution in [3.8, 4) is 6.07 Å². The molecule has 0 amide bonds. The topological polar surface area (TPSA) is 87.4 Å². The summed E-state index contributed by atoms with van der Waals surface area (Å²) in [6.07, 6.45) is -0.108. The molecule has 0 aromatic heterocycles. The summed E-state index contributed by atoms with van der Waals surface area (Å²) >= 11 is 18.1. The van der Waals surface area contributed by atoms with Crippen LogP contribution in [0.2, 0.25) is 10.0 Å². The van der Waals surface area contributed by atoms with E-state index in [4.69, 9.17) is 33.0 Å². The molecule has 3 atom stereocenters. The fourth-order valence-electron chi connectivity index (χ4n) is 4.48. The monoisotopic (exact) mass is 765 g/mol. The lowest BCUT2D eigenvalue weighted by Crippen LogP contribution is -2.24. The van der Waals surface area contributed by atoms with E-state index < -0.39 is 41.3 Å². The first-order valence-electron chi connectivity index (χ1n) is 13.1. The Balaban J connectivity index is 0.000000244. The van der Waals surface area contributed by atoms with Crippen molar-refractivity contribution < 1.29 is 28.2 Å². The van der Waals surface area contributed by atoms with E-state index in [1.807, 2.05) is 30.3 Å². The number of benzene rings is 4. The number of rotatable bonds is 9. The average Bonchev–Trinajstić information content (AvgIpc) is 2.99. The van der Waals surface area contributed by atoms with Crippen LogP contribution in [0.3, 0.4) is 0 Å². The minimum atomic E-state index is -1.09. The maximum Gasteiger partial charge on any atom is 0.324 e. The first-order chi connectivity index (χ1) is 20.9. The van der Waals surface area contributed by atoms with Crippen molar-refractivity contribution in [3.63, 3.8) is 0 Å². The number of carboxylic acids is 1. The molecule has 0 spiro atoms. The maximum atomic E-state index is 13.9. The molecule has 0 aliphatic carbocycles. The molecule has 3 unspecified atom stereocenters. The van der Waals surface area contributed by atoms with Gasteiger partial charge in [0.25, 0.3) is 0 Å². The number of aliphatic carboxylic acids is 1. The summed E-state index contributed by atoms with van der Waals surface area (Å²) in [5, 5.41) is 18.6. The van der Waals surface area contributed by atoms with Crippen molar-refractivity contribution in [3.05, 3.63) is 138 Å². The third-order valence-corrected chi connectivity index (χ3v) is 8.21. The first kappa shape index (κ1) is 35.2. The summed E-state index contributed by atoms with van der Waals surface area (Å²) < 4.78 is 34.2. The molecule has 0 fully saturated rings. The fourth-order valence-corrected chi connectivity index (χ4v) is 5.24. The van der Waals surface area contributed by atoms with Gasteiger partial charge in [0.15, 0.2) is 5.92 Å². The molecule has 0 bridgehead atoms. The predicted molar refractivity (Wildman–Crippen MR) is 173 cm³/mol. The van der Waals surface area contributed by atoms with Gasteiger partial charge in [-0.3, -0.25) is 9.59 Å². The van der Waals surface area contributed by atoms with Gasteiger partial charge in [0.05, 0.1) is 29.1 Å². The van der Waals surface area contributed by atoms with Crippen LogP contribution in [-0.2, 0) is 14.3 Å². The number of nitrogens with zero attached hydrogens (tertiary/aromatic N) is 1. The standard InChI is InChI=1S/C18H14BrClFNO2.C15H11BrClFO2/c1-2-24-18(23)14(10-22)17(11-3-6-13(19)7-4-11)12-5-8-15(20)16(21)9-12;16-11-4-1-9(2-5-11)12(8-15(19)20)10-3-6-13(17)14(18)7-10/h3-9,14,17H,2H2,1H3;1-7,12H,8H2,(H,19,20). The second kappa shape index (κ2) is 16.7. The Labute approximate surface area is 280 Å². The van der Waals surface area contributed by atoms with Crippen molar-refractivity contribution >= 4 is 67.0 Å². The molecule has 0 saturated carbocycles. The van der Waals surface area contributed by atoms with Crippen molar-refractivity contribution in [1.29, 1.82) is 5.26 Å². The van der Waals surface area contributed by atoms with E-state index in [0.717, 1.165) is 14.5 Å². The van der Waals surface area contributed by atoms with Crippen LogP contribution in [0.1, 0.15) is 47.4 Å². The van der Waals surface area contributed by atoms with Crippen LogP contribution in [0, 0.1) is 28.9 Å². The molecule has 4 aromatic rings. The number of carbonyl (C=O) groups excluding carboxylic acids is 1. The lowest BCUT2D eigenvalue weighted by atomic mass is 9.81. The van der Waals surface area contributed by atoms with E-state index in [9.17, 15) is 23.6 Å². The SMILES string of the molecule is CCOC(=O)C(C#N)C(c1ccc(Br)cc1)c1ccc(Cl)c(F)c1.O=C(O)CC(c1ccc(Br)cc1)c1ccc(Cl)c(F)c1. The van der Waals surface area contributed by atoms with Crippen LogP contribution in [-0.4, -0.2) is 23.7 Å². The molecule has 0 aliphatic rings. The molecule has 228 valence electrons. The van der Waals surface area contributed by atoms with Crippen LogP contribution < -0.4 is 0 Å². The Morgan fingerprint density at radius 1 is 0.818 bits per heavy atom. The lowest BCUT2D eigenvalue weighted by molar-refractivity contribution is -0.146. The first-order valence-corrected chi connectivity index (χ1v) is 15.5. The Bertz CT molecular complexity index is 1650. The Kier molecular flexibility index (Phi) is 13.3. The molecule has 0 saturated heterocycles. The molecular weight excluding hydrogens is 743 g/mol. The second-order valence-electron chi connectivity index (χ2n) is 9.44. The number of carbonyl (C=O) groups is 2. The van der Waals surface area contributed by atoms with E-state index in [0.29, 0.717) is 16.7 Å². The molecule has 5 nitrogen and oxygen atoms in total. The molecule has 1 N–H and O–H groups in total. The minimum absolute atomic E-state index is 0.0158. The van der Waals surface area contributed by atoms with E-state index >= 15 is 0 Å². The van der Waals surface area contributed by atoms with Gasteiger partial charge in [0, 0.05) is 20.8 Å². The number of hydrogen-bond acceptors (Lipinski definition) is 4. The molecule has 4 aromatic carbocycles. The zero-order valence-electron chi connectivity index (χ0n) is 23.1. The average molecular weight is 768 g/mol. The highest BCUT2D eigenvalue weighted by Crippen LogP contribution is 2.35. The lowest BCUT2D eigenvalue weighted by Gasteiger charge is -2.22. The van der Waals surface area contributed by atoms with Crippen molar-refractivity contribution in [2.24, 2.45) is 5.92 Å². The highest BCUT2D eigenvalue weighted by molar-refractivity contribution is 9.10.